The summed E-state index contributed by atoms with van der Waals surface area (Å²) in [6.07, 6.45) is 1.45. The topological polar surface area (TPSA) is 31.4 Å². The Morgan fingerprint density at radius 1 is 1.00 bits per heavy atom. The monoisotopic (exact) mass is 231 g/mol. The molecule has 0 atom stereocenters. The standard InChI is InChI=1S/C13H10FNO2/c14-10-3-4-15-11(8-10)9-1-2-12-13(7-9)17-6-5-16-12/h1-4,7-8H,5-6H2. The molecule has 0 fully saturated rings. The van der Waals surface area contributed by atoms with Crippen LogP contribution in [0.1, 0.15) is 0 Å². The van der Waals surface area contributed by atoms with Gasteiger partial charge in [0.15, 0.2) is 11.5 Å². The third kappa shape index (κ3) is 1.93. The third-order valence-electron chi connectivity index (χ3n) is 2.56. The van der Waals surface area contributed by atoms with Gasteiger partial charge in [-0.05, 0) is 24.3 Å². The van der Waals surface area contributed by atoms with Gasteiger partial charge >= 0.3 is 0 Å². The molecule has 3 nitrogen and oxygen atoms in total. The number of ether oxygens (including phenoxy) is 2. The fraction of sp³-hybridized carbons (Fsp3) is 0.154. The molecule has 1 aromatic carbocycles. The van der Waals surface area contributed by atoms with Crippen molar-refractivity contribution in [2.24, 2.45) is 0 Å². The molecule has 0 aliphatic carbocycles. The minimum Gasteiger partial charge on any atom is -0.486 e. The number of halogens is 1. The van der Waals surface area contributed by atoms with Crippen LogP contribution in [0.4, 0.5) is 4.39 Å². The van der Waals surface area contributed by atoms with Crippen molar-refractivity contribution in [2.75, 3.05) is 13.2 Å². The van der Waals surface area contributed by atoms with Crippen molar-refractivity contribution in [1.29, 1.82) is 0 Å². The van der Waals surface area contributed by atoms with E-state index < -0.39 is 0 Å². The zero-order chi connectivity index (χ0) is 11.7. The molecule has 2 aromatic rings. The minimum absolute atomic E-state index is 0.301. The average Bonchev–Trinajstić information content (AvgIpc) is 2.38. The molecule has 2 heterocycles. The molecule has 17 heavy (non-hydrogen) atoms. The zero-order valence-electron chi connectivity index (χ0n) is 9.02. The van der Waals surface area contributed by atoms with Gasteiger partial charge in [-0.2, -0.15) is 0 Å². The molecule has 0 N–H and O–H groups in total. The summed E-state index contributed by atoms with van der Waals surface area (Å²) in [7, 11) is 0. The zero-order valence-corrected chi connectivity index (χ0v) is 9.02. The Kier molecular flexibility index (Phi) is 2.40. The number of benzene rings is 1. The maximum atomic E-state index is 13.1. The Hall–Kier alpha value is -2.10. The van der Waals surface area contributed by atoms with E-state index >= 15 is 0 Å². The molecule has 0 spiro atoms. The van der Waals surface area contributed by atoms with E-state index in [1.165, 1.54) is 18.3 Å². The number of pyridine rings is 1. The molecular weight excluding hydrogens is 221 g/mol. The Labute approximate surface area is 97.8 Å². The average molecular weight is 231 g/mol. The van der Waals surface area contributed by atoms with Crippen LogP contribution < -0.4 is 9.47 Å². The summed E-state index contributed by atoms with van der Waals surface area (Å²) in [5.74, 6) is 1.10. The van der Waals surface area contributed by atoms with Crippen LogP contribution in [-0.2, 0) is 0 Å². The summed E-state index contributed by atoms with van der Waals surface area (Å²) < 4.78 is 24.0. The molecular formula is C13H10FNO2. The van der Waals surface area contributed by atoms with E-state index in [1.807, 2.05) is 18.2 Å². The van der Waals surface area contributed by atoms with Crippen molar-refractivity contribution in [3.05, 3.63) is 42.3 Å². The van der Waals surface area contributed by atoms with Crippen molar-refractivity contribution >= 4 is 0 Å². The van der Waals surface area contributed by atoms with Crippen LogP contribution in [0.3, 0.4) is 0 Å². The highest BCUT2D eigenvalue weighted by Gasteiger charge is 2.12. The largest absolute Gasteiger partial charge is 0.486 e. The van der Waals surface area contributed by atoms with Crippen molar-refractivity contribution in [3.8, 4) is 22.8 Å². The highest BCUT2D eigenvalue weighted by molar-refractivity contribution is 5.64. The number of fused-ring (bicyclic) bond motifs is 1. The number of rotatable bonds is 1. The van der Waals surface area contributed by atoms with E-state index in [4.69, 9.17) is 9.47 Å². The summed E-state index contributed by atoms with van der Waals surface area (Å²) in [6, 6.07) is 8.19. The van der Waals surface area contributed by atoms with Gasteiger partial charge < -0.3 is 9.47 Å². The van der Waals surface area contributed by atoms with Gasteiger partial charge in [0.05, 0.1) is 5.69 Å². The normalized spacial score (nSPS) is 13.5. The van der Waals surface area contributed by atoms with Crippen LogP contribution in [0.15, 0.2) is 36.5 Å². The number of hydrogen-bond donors (Lipinski definition) is 0. The second-order valence-electron chi connectivity index (χ2n) is 3.72. The lowest BCUT2D eigenvalue weighted by Gasteiger charge is -2.18. The number of aromatic nitrogens is 1. The van der Waals surface area contributed by atoms with Gasteiger partial charge in [0.25, 0.3) is 0 Å². The highest BCUT2D eigenvalue weighted by atomic mass is 19.1. The van der Waals surface area contributed by atoms with Crippen LogP contribution in [-0.4, -0.2) is 18.2 Å². The second kappa shape index (κ2) is 4.05. The van der Waals surface area contributed by atoms with Gasteiger partial charge in [0.1, 0.15) is 19.0 Å². The lowest BCUT2D eigenvalue weighted by molar-refractivity contribution is 0.171. The van der Waals surface area contributed by atoms with E-state index in [1.54, 1.807) is 0 Å². The number of nitrogens with zero attached hydrogens (tertiary/aromatic N) is 1. The van der Waals surface area contributed by atoms with Crippen LogP contribution >= 0.6 is 0 Å². The summed E-state index contributed by atoms with van der Waals surface area (Å²) in [6.45, 7) is 1.09. The predicted molar refractivity (Wildman–Crippen MR) is 60.6 cm³/mol. The SMILES string of the molecule is Fc1ccnc(-c2ccc3c(c2)OCCO3)c1. The molecule has 1 aliphatic heterocycles. The molecule has 0 radical (unpaired) electrons. The van der Waals surface area contributed by atoms with Crippen molar-refractivity contribution in [1.82, 2.24) is 4.98 Å². The van der Waals surface area contributed by atoms with Crippen LogP contribution in [0.25, 0.3) is 11.3 Å². The maximum Gasteiger partial charge on any atom is 0.162 e. The van der Waals surface area contributed by atoms with E-state index in [2.05, 4.69) is 4.98 Å². The summed E-state index contributed by atoms with van der Waals surface area (Å²) in [5.41, 5.74) is 1.40. The van der Waals surface area contributed by atoms with Crippen LogP contribution in [0, 0.1) is 5.82 Å². The fourth-order valence-corrected chi connectivity index (χ4v) is 1.77. The first-order valence-corrected chi connectivity index (χ1v) is 5.34. The molecule has 0 saturated heterocycles. The number of hydrogen-bond acceptors (Lipinski definition) is 3. The molecule has 86 valence electrons. The summed E-state index contributed by atoms with van der Waals surface area (Å²) in [4.78, 5) is 4.12. The predicted octanol–water partition coefficient (Wildman–Crippen LogP) is 2.66. The quantitative estimate of drug-likeness (QED) is 0.756. The van der Waals surface area contributed by atoms with E-state index in [9.17, 15) is 4.39 Å². The molecule has 0 unspecified atom stereocenters. The molecule has 0 saturated carbocycles. The molecule has 1 aliphatic rings. The van der Waals surface area contributed by atoms with E-state index in [-0.39, 0.29) is 5.82 Å². The first-order chi connectivity index (χ1) is 8.33. The lowest BCUT2D eigenvalue weighted by atomic mass is 10.1. The molecule has 1 aromatic heterocycles. The first-order valence-electron chi connectivity index (χ1n) is 5.34. The Morgan fingerprint density at radius 2 is 1.82 bits per heavy atom. The maximum absolute atomic E-state index is 13.1. The first kappa shape index (κ1) is 10.1. The summed E-state index contributed by atoms with van der Waals surface area (Å²) >= 11 is 0. The van der Waals surface area contributed by atoms with Crippen molar-refractivity contribution < 1.29 is 13.9 Å². The van der Waals surface area contributed by atoms with Crippen molar-refractivity contribution in [2.45, 2.75) is 0 Å². The Bertz CT molecular complexity index is 557. The Balaban J connectivity index is 2.04. The molecule has 0 amide bonds. The van der Waals surface area contributed by atoms with Gasteiger partial charge in [-0.3, -0.25) is 4.98 Å². The Morgan fingerprint density at radius 3 is 2.65 bits per heavy atom. The third-order valence-corrected chi connectivity index (χ3v) is 2.56. The fourth-order valence-electron chi connectivity index (χ4n) is 1.77. The minimum atomic E-state index is -0.301. The second-order valence-corrected chi connectivity index (χ2v) is 3.72. The van der Waals surface area contributed by atoms with Gasteiger partial charge in [0, 0.05) is 17.8 Å². The van der Waals surface area contributed by atoms with E-state index in [0.29, 0.717) is 24.7 Å². The summed E-state index contributed by atoms with van der Waals surface area (Å²) in [5, 5.41) is 0. The lowest BCUT2D eigenvalue weighted by Crippen LogP contribution is -2.15. The van der Waals surface area contributed by atoms with Crippen molar-refractivity contribution in [3.63, 3.8) is 0 Å². The van der Waals surface area contributed by atoms with Gasteiger partial charge in [-0.25, -0.2) is 4.39 Å². The molecule has 3 rings (SSSR count). The molecule has 0 bridgehead atoms. The van der Waals surface area contributed by atoms with E-state index in [0.717, 1.165) is 11.3 Å². The highest BCUT2D eigenvalue weighted by Crippen LogP contribution is 2.33. The molecule has 4 heteroatoms. The van der Waals surface area contributed by atoms with Gasteiger partial charge in [0.2, 0.25) is 0 Å². The van der Waals surface area contributed by atoms with Crippen LogP contribution in [0.2, 0.25) is 0 Å². The van der Waals surface area contributed by atoms with Gasteiger partial charge in [-0.1, -0.05) is 0 Å². The smallest absolute Gasteiger partial charge is 0.162 e. The van der Waals surface area contributed by atoms with Gasteiger partial charge in [-0.15, -0.1) is 0 Å². The van der Waals surface area contributed by atoms with Crippen LogP contribution in [0.5, 0.6) is 11.5 Å².